The van der Waals surface area contributed by atoms with Crippen LogP contribution in [-0.2, 0) is 7.05 Å². The summed E-state index contributed by atoms with van der Waals surface area (Å²) in [5.41, 5.74) is 2.61. The molecule has 0 unspecified atom stereocenters. The van der Waals surface area contributed by atoms with Crippen molar-refractivity contribution in [1.82, 2.24) is 9.78 Å². The summed E-state index contributed by atoms with van der Waals surface area (Å²) in [5, 5.41) is 16.1. The van der Waals surface area contributed by atoms with Gasteiger partial charge in [-0.2, -0.15) is 5.10 Å². The third kappa shape index (κ3) is 2.44. The number of nitrogens with zero attached hydrogens (tertiary/aromatic N) is 2. The van der Waals surface area contributed by atoms with Crippen molar-refractivity contribution < 1.29 is 9.90 Å². The molecule has 0 fully saturated rings. The monoisotopic (exact) mass is 231 g/mol. The zero-order valence-corrected chi connectivity index (χ0v) is 9.64. The molecule has 0 spiro atoms. The van der Waals surface area contributed by atoms with Crippen LogP contribution in [-0.4, -0.2) is 20.9 Å². The van der Waals surface area contributed by atoms with Crippen LogP contribution in [0.3, 0.4) is 0 Å². The first-order valence-corrected chi connectivity index (χ1v) is 5.16. The highest BCUT2D eigenvalue weighted by molar-refractivity contribution is 5.90. The van der Waals surface area contributed by atoms with E-state index >= 15 is 0 Å². The van der Waals surface area contributed by atoms with Crippen LogP contribution in [0.15, 0.2) is 30.6 Å². The Kier molecular flexibility index (Phi) is 2.82. The summed E-state index contributed by atoms with van der Waals surface area (Å²) in [6.07, 6.45) is 3.50. The second kappa shape index (κ2) is 4.29. The fourth-order valence-electron chi connectivity index (χ4n) is 1.58. The van der Waals surface area contributed by atoms with E-state index in [1.807, 2.05) is 19.3 Å². The summed E-state index contributed by atoms with van der Waals surface area (Å²) in [6.45, 7) is 1.78. The molecule has 5 nitrogen and oxygen atoms in total. The van der Waals surface area contributed by atoms with Gasteiger partial charge in [-0.05, 0) is 24.6 Å². The van der Waals surface area contributed by atoms with Gasteiger partial charge in [-0.1, -0.05) is 6.07 Å². The van der Waals surface area contributed by atoms with Gasteiger partial charge in [0.25, 0.3) is 0 Å². The van der Waals surface area contributed by atoms with E-state index in [-0.39, 0.29) is 0 Å². The van der Waals surface area contributed by atoms with Gasteiger partial charge in [0.2, 0.25) is 0 Å². The summed E-state index contributed by atoms with van der Waals surface area (Å²) in [4.78, 5) is 11.0. The van der Waals surface area contributed by atoms with E-state index < -0.39 is 5.97 Å². The first-order chi connectivity index (χ1) is 8.06. The minimum Gasteiger partial charge on any atom is -0.478 e. The number of rotatable bonds is 3. The van der Waals surface area contributed by atoms with Crippen molar-refractivity contribution in [2.24, 2.45) is 7.05 Å². The number of carboxylic acid groups (broad SMARTS) is 1. The molecule has 2 rings (SSSR count). The largest absolute Gasteiger partial charge is 0.478 e. The lowest BCUT2D eigenvalue weighted by atomic mass is 10.1. The molecule has 0 atom stereocenters. The minimum absolute atomic E-state index is 0.305. The average Bonchev–Trinajstić information content (AvgIpc) is 2.66. The molecule has 0 aliphatic rings. The molecule has 0 saturated heterocycles. The maximum Gasteiger partial charge on any atom is 0.336 e. The van der Waals surface area contributed by atoms with Gasteiger partial charge >= 0.3 is 5.97 Å². The standard InChI is InChI=1S/C12H13N3O2/c1-8-3-4-9(5-11(8)12(16)17)14-10-6-13-15(2)7-10/h3-7,14H,1-2H3,(H,16,17). The topological polar surface area (TPSA) is 67.2 Å². The van der Waals surface area contributed by atoms with Gasteiger partial charge in [-0.15, -0.1) is 0 Å². The first kappa shape index (κ1) is 11.2. The fourth-order valence-corrected chi connectivity index (χ4v) is 1.58. The van der Waals surface area contributed by atoms with Crippen molar-refractivity contribution >= 4 is 17.3 Å². The Morgan fingerprint density at radius 1 is 1.41 bits per heavy atom. The Bertz CT molecular complexity index is 561. The molecule has 0 saturated carbocycles. The maximum atomic E-state index is 11.0. The summed E-state index contributed by atoms with van der Waals surface area (Å²) in [5.74, 6) is -0.919. The molecule has 88 valence electrons. The van der Waals surface area contributed by atoms with Crippen molar-refractivity contribution in [3.8, 4) is 0 Å². The van der Waals surface area contributed by atoms with E-state index in [0.29, 0.717) is 5.56 Å². The van der Waals surface area contributed by atoms with Crippen LogP contribution in [0.25, 0.3) is 0 Å². The van der Waals surface area contributed by atoms with Crippen molar-refractivity contribution in [2.75, 3.05) is 5.32 Å². The van der Waals surface area contributed by atoms with E-state index in [4.69, 9.17) is 5.11 Å². The van der Waals surface area contributed by atoms with E-state index in [1.54, 1.807) is 29.9 Å². The highest BCUT2D eigenvalue weighted by atomic mass is 16.4. The lowest BCUT2D eigenvalue weighted by Crippen LogP contribution is -2.00. The number of aromatic nitrogens is 2. The molecular formula is C12H13N3O2. The third-order valence-electron chi connectivity index (χ3n) is 2.46. The lowest BCUT2D eigenvalue weighted by Gasteiger charge is -2.06. The Morgan fingerprint density at radius 3 is 2.76 bits per heavy atom. The number of aryl methyl sites for hydroxylation is 2. The predicted octanol–water partition coefficient (Wildman–Crippen LogP) is 2.17. The minimum atomic E-state index is -0.919. The SMILES string of the molecule is Cc1ccc(Nc2cnn(C)c2)cc1C(=O)O. The molecule has 0 aliphatic carbocycles. The third-order valence-corrected chi connectivity index (χ3v) is 2.46. The molecule has 2 N–H and O–H groups in total. The smallest absolute Gasteiger partial charge is 0.336 e. The van der Waals surface area contributed by atoms with Crippen LogP contribution >= 0.6 is 0 Å². The van der Waals surface area contributed by atoms with Crippen molar-refractivity contribution in [1.29, 1.82) is 0 Å². The van der Waals surface area contributed by atoms with Gasteiger partial charge in [0, 0.05) is 18.9 Å². The maximum absolute atomic E-state index is 11.0. The van der Waals surface area contributed by atoms with Crippen LogP contribution in [0, 0.1) is 6.92 Å². The molecule has 17 heavy (non-hydrogen) atoms. The molecule has 0 aliphatic heterocycles. The summed E-state index contributed by atoms with van der Waals surface area (Å²) in [6, 6.07) is 5.24. The number of hydrogen-bond donors (Lipinski definition) is 2. The Morgan fingerprint density at radius 2 is 2.18 bits per heavy atom. The molecule has 1 aromatic heterocycles. The first-order valence-electron chi connectivity index (χ1n) is 5.16. The quantitative estimate of drug-likeness (QED) is 0.849. The predicted molar refractivity (Wildman–Crippen MR) is 64.6 cm³/mol. The number of benzene rings is 1. The number of anilines is 2. The van der Waals surface area contributed by atoms with Gasteiger partial charge in [-0.3, -0.25) is 4.68 Å². The van der Waals surface area contributed by atoms with Crippen molar-refractivity contribution in [3.63, 3.8) is 0 Å². The number of carbonyl (C=O) groups is 1. The van der Waals surface area contributed by atoms with Gasteiger partial charge in [0.15, 0.2) is 0 Å². The zero-order chi connectivity index (χ0) is 12.4. The molecule has 0 bridgehead atoms. The molecule has 2 aromatic rings. The van der Waals surface area contributed by atoms with Crippen LogP contribution in [0.4, 0.5) is 11.4 Å². The summed E-state index contributed by atoms with van der Waals surface area (Å²) < 4.78 is 1.68. The highest BCUT2D eigenvalue weighted by Gasteiger charge is 2.08. The molecular weight excluding hydrogens is 218 g/mol. The second-order valence-corrected chi connectivity index (χ2v) is 3.86. The molecule has 0 amide bonds. The normalized spacial score (nSPS) is 10.2. The van der Waals surface area contributed by atoms with Crippen LogP contribution in [0.1, 0.15) is 15.9 Å². The molecule has 5 heteroatoms. The van der Waals surface area contributed by atoms with E-state index in [9.17, 15) is 4.79 Å². The fraction of sp³-hybridized carbons (Fsp3) is 0.167. The molecule has 1 aromatic carbocycles. The van der Waals surface area contributed by atoms with Gasteiger partial charge in [0.1, 0.15) is 0 Å². The van der Waals surface area contributed by atoms with E-state index in [0.717, 1.165) is 16.9 Å². The Balaban J connectivity index is 2.28. The zero-order valence-electron chi connectivity index (χ0n) is 9.64. The lowest BCUT2D eigenvalue weighted by molar-refractivity contribution is 0.0696. The van der Waals surface area contributed by atoms with Gasteiger partial charge in [0.05, 0.1) is 17.4 Å². The number of aromatic carboxylic acids is 1. The number of hydrogen-bond acceptors (Lipinski definition) is 3. The summed E-state index contributed by atoms with van der Waals surface area (Å²) in [7, 11) is 1.82. The number of carboxylic acids is 1. The van der Waals surface area contributed by atoms with Gasteiger partial charge in [-0.25, -0.2) is 4.79 Å². The van der Waals surface area contributed by atoms with Gasteiger partial charge < -0.3 is 10.4 Å². The average molecular weight is 231 g/mol. The molecule has 0 radical (unpaired) electrons. The Hall–Kier alpha value is -2.30. The van der Waals surface area contributed by atoms with Crippen molar-refractivity contribution in [2.45, 2.75) is 6.92 Å². The van der Waals surface area contributed by atoms with E-state index in [1.165, 1.54) is 0 Å². The number of nitrogens with one attached hydrogen (secondary N) is 1. The van der Waals surface area contributed by atoms with Crippen LogP contribution < -0.4 is 5.32 Å². The highest BCUT2D eigenvalue weighted by Crippen LogP contribution is 2.19. The summed E-state index contributed by atoms with van der Waals surface area (Å²) >= 11 is 0. The molecule has 1 heterocycles. The van der Waals surface area contributed by atoms with E-state index in [2.05, 4.69) is 10.4 Å². The van der Waals surface area contributed by atoms with Crippen LogP contribution in [0.5, 0.6) is 0 Å². The van der Waals surface area contributed by atoms with Crippen molar-refractivity contribution in [3.05, 3.63) is 41.7 Å². The Labute approximate surface area is 98.7 Å². The van der Waals surface area contributed by atoms with Crippen LogP contribution in [0.2, 0.25) is 0 Å². The second-order valence-electron chi connectivity index (χ2n) is 3.86.